The van der Waals surface area contributed by atoms with Crippen molar-refractivity contribution in [2.24, 2.45) is 0 Å². The molecule has 22 heavy (non-hydrogen) atoms. The molecule has 0 saturated heterocycles. The summed E-state index contributed by atoms with van der Waals surface area (Å²) in [6.07, 6.45) is 4.24. The van der Waals surface area contributed by atoms with E-state index in [4.69, 9.17) is 11.6 Å². The van der Waals surface area contributed by atoms with Crippen molar-refractivity contribution in [3.8, 4) is 0 Å². The first-order valence-corrected chi connectivity index (χ1v) is 7.99. The zero-order chi connectivity index (χ0) is 15.4. The highest BCUT2D eigenvalue weighted by molar-refractivity contribution is 6.30. The highest BCUT2D eigenvalue weighted by atomic mass is 35.5. The van der Waals surface area contributed by atoms with Gasteiger partial charge < -0.3 is 10.6 Å². The lowest BCUT2D eigenvalue weighted by Gasteiger charge is -2.09. The number of urea groups is 1. The molecule has 1 aliphatic rings. The van der Waals surface area contributed by atoms with E-state index in [1.807, 2.05) is 30.3 Å². The molecule has 2 N–H and O–H groups in total. The second kappa shape index (κ2) is 6.84. The lowest BCUT2D eigenvalue weighted by atomic mass is 10.1. The molecule has 0 fully saturated rings. The minimum Gasteiger partial charge on any atom is -0.338 e. The zero-order valence-corrected chi connectivity index (χ0v) is 13.1. The van der Waals surface area contributed by atoms with E-state index < -0.39 is 0 Å². The molecule has 1 aliphatic carbocycles. The average molecular weight is 315 g/mol. The van der Waals surface area contributed by atoms with E-state index in [-0.39, 0.29) is 6.03 Å². The number of amides is 2. The number of nitrogens with one attached hydrogen (secondary N) is 2. The summed E-state index contributed by atoms with van der Waals surface area (Å²) in [6, 6.07) is 13.7. The van der Waals surface area contributed by atoms with Crippen LogP contribution in [0.25, 0.3) is 0 Å². The van der Waals surface area contributed by atoms with Gasteiger partial charge in [-0.05, 0) is 66.6 Å². The number of benzene rings is 2. The van der Waals surface area contributed by atoms with E-state index in [9.17, 15) is 4.79 Å². The van der Waals surface area contributed by atoms with E-state index in [1.54, 1.807) is 0 Å². The zero-order valence-electron chi connectivity index (χ0n) is 12.4. The number of fused-ring (bicyclic) bond motifs is 1. The Morgan fingerprint density at radius 3 is 2.82 bits per heavy atom. The minimum absolute atomic E-state index is 0.167. The van der Waals surface area contributed by atoms with Gasteiger partial charge in [0.05, 0.1) is 0 Å². The maximum atomic E-state index is 11.9. The largest absolute Gasteiger partial charge is 0.338 e. The van der Waals surface area contributed by atoms with Crippen LogP contribution in [0, 0.1) is 0 Å². The molecule has 0 unspecified atom stereocenters. The Labute approximate surface area is 135 Å². The van der Waals surface area contributed by atoms with Crippen LogP contribution >= 0.6 is 11.6 Å². The molecule has 4 heteroatoms. The molecule has 0 bridgehead atoms. The first-order valence-electron chi connectivity index (χ1n) is 7.62. The molecule has 2 aromatic carbocycles. The van der Waals surface area contributed by atoms with Crippen LogP contribution in [0.3, 0.4) is 0 Å². The fourth-order valence-corrected chi connectivity index (χ4v) is 3.05. The van der Waals surface area contributed by atoms with Crippen molar-refractivity contribution in [2.45, 2.75) is 25.7 Å². The van der Waals surface area contributed by atoms with Gasteiger partial charge >= 0.3 is 6.03 Å². The summed E-state index contributed by atoms with van der Waals surface area (Å²) in [4.78, 5) is 11.9. The Bertz CT molecular complexity index is 685. The number of aryl methyl sites for hydroxylation is 2. The number of hydrogen-bond acceptors (Lipinski definition) is 1. The molecule has 2 amide bonds. The van der Waals surface area contributed by atoms with Crippen LogP contribution in [0.4, 0.5) is 10.5 Å². The quantitative estimate of drug-likeness (QED) is 0.872. The molecule has 0 saturated carbocycles. The maximum Gasteiger partial charge on any atom is 0.319 e. The van der Waals surface area contributed by atoms with Gasteiger partial charge in [-0.15, -0.1) is 0 Å². The molecule has 0 spiro atoms. The topological polar surface area (TPSA) is 41.1 Å². The van der Waals surface area contributed by atoms with Crippen LogP contribution in [0.5, 0.6) is 0 Å². The van der Waals surface area contributed by atoms with Crippen LogP contribution in [0.1, 0.15) is 23.1 Å². The van der Waals surface area contributed by atoms with E-state index >= 15 is 0 Å². The Hall–Kier alpha value is -2.00. The number of anilines is 1. The van der Waals surface area contributed by atoms with E-state index in [1.165, 1.54) is 17.5 Å². The van der Waals surface area contributed by atoms with Crippen LogP contribution in [-0.4, -0.2) is 12.6 Å². The van der Waals surface area contributed by atoms with Crippen molar-refractivity contribution >= 4 is 23.3 Å². The highest BCUT2D eigenvalue weighted by Gasteiger charge is 2.11. The highest BCUT2D eigenvalue weighted by Crippen LogP contribution is 2.24. The molecule has 3 nitrogen and oxygen atoms in total. The molecule has 114 valence electrons. The molecular formula is C18H19ClN2O. The van der Waals surface area contributed by atoms with Crippen molar-refractivity contribution in [1.82, 2.24) is 5.32 Å². The van der Waals surface area contributed by atoms with E-state index in [0.717, 1.165) is 35.5 Å². The van der Waals surface area contributed by atoms with Gasteiger partial charge in [-0.3, -0.25) is 0 Å². The summed E-state index contributed by atoms with van der Waals surface area (Å²) < 4.78 is 0. The first kappa shape index (κ1) is 14.9. The van der Waals surface area contributed by atoms with Gasteiger partial charge in [0, 0.05) is 17.3 Å². The maximum absolute atomic E-state index is 11.9. The summed E-state index contributed by atoms with van der Waals surface area (Å²) in [5, 5.41) is 6.49. The van der Waals surface area contributed by atoms with Gasteiger partial charge in [0.25, 0.3) is 0 Å². The standard InChI is InChI=1S/C18H19ClN2O/c19-16-6-1-3-13(11-16)9-10-20-18(22)21-17-8-7-14-4-2-5-15(14)12-17/h1,3,6-8,11-12H,2,4-5,9-10H2,(H2,20,21,22). The van der Waals surface area contributed by atoms with Crippen LogP contribution in [0.15, 0.2) is 42.5 Å². The molecule has 3 rings (SSSR count). The fourth-order valence-electron chi connectivity index (χ4n) is 2.84. The van der Waals surface area contributed by atoms with Gasteiger partial charge in [-0.2, -0.15) is 0 Å². The number of carbonyl (C=O) groups is 1. The molecule has 0 heterocycles. The Morgan fingerprint density at radius 2 is 1.95 bits per heavy atom. The van der Waals surface area contributed by atoms with E-state index in [2.05, 4.69) is 22.8 Å². The molecule has 2 aromatic rings. The fraction of sp³-hybridized carbons (Fsp3) is 0.278. The SMILES string of the molecule is O=C(NCCc1cccc(Cl)c1)Nc1ccc2c(c1)CCC2. The Balaban J connectivity index is 1.48. The third-order valence-electron chi connectivity index (χ3n) is 3.94. The number of rotatable bonds is 4. The number of halogens is 1. The van der Waals surface area contributed by atoms with Crippen LogP contribution in [-0.2, 0) is 19.3 Å². The Kier molecular flexibility index (Phi) is 4.64. The van der Waals surface area contributed by atoms with Gasteiger partial charge in [0.2, 0.25) is 0 Å². The molecule has 0 atom stereocenters. The minimum atomic E-state index is -0.167. The summed E-state index contributed by atoms with van der Waals surface area (Å²) in [5.74, 6) is 0. The Morgan fingerprint density at radius 1 is 1.09 bits per heavy atom. The second-order valence-corrected chi connectivity index (χ2v) is 6.03. The summed E-state index contributed by atoms with van der Waals surface area (Å²) >= 11 is 5.94. The van der Waals surface area contributed by atoms with Crippen LogP contribution in [0.2, 0.25) is 5.02 Å². The lowest BCUT2D eigenvalue weighted by molar-refractivity contribution is 0.252. The van der Waals surface area contributed by atoms with Crippen molar-refractivity contribution in [2.75, 3.05) is 11.9 Å². The lowest BCUT2D eigenvalue weighted by Crippen LogP contribution is -2.30. The predicted molar refractivity (Wildman–Crippen MR) is 90.6 cm³/mol. The van der Waals surface area contributed by atoms with Crippen LogP contribution < -0.4 is 10.6 Å². The smallest absolute Gasteiger partial charge is 0.319 e. The summed E-state index contributed by atoms with van der Waals surface area (Å²) in [6.45, 7) is 0.580. The van der Waals surface area contributed by atoms with Gasteiger partial charge in [0.15, 0.2) is 0 Å². The molecule has 0 aromatic heterocycles. The summed E-state index contributed by atoms with van der Waals surface area (Å²) in [5.41, 5.74) is 4.75. The number of hydrogen-bond donors (Lipinski definition) is 2. The number of carbonyl (C=O) groups excluding carboxylic acids is 1. The van der Waals surface area contributed by atoms with Crippen molar-refractivity contribution < 1.29 is 4.79 Å². The van der Waals surface area contributed by atoms with Gasteiger partial charge in [0.1, 0.15) is 0 Å². The normalized spacial score (nSPS) is 12.8. The molecule has 0 radical (unpaired) electrons. The van der Waals surface area contributed by atoms with Gasteiger partial charge in [-0.1, -0.05) is 29.8 Å². The van der Waals surface area contributed by atoms with Crippen molar-refractivity contribution in [3.05, 3.63) is 64.2 Å². The van der Waals surface area contributed by atoms with Crippen molar-refractivity contribution in [1.29, 1.82) is 0 Å². The summed E-state index contributed by atoms with van der Waals surface area (Å²) in [7, 11) is 0. The monoisotopic (exact) mass is 314 g/mol. The molecular weight excluding hydrogens is 296 g/mol. The van der Waals surface area contributed by atoms with E-state index in [0.29, 0.717) is 6.54 Å². The predicted octanol–water partition coefficient (Wildman–Crippen LogP) is 4.19. The van der Waals surface area contributed by atoms with Crippen molar-refractivity contribution in [3.63, 3.8) is 0 Å². The molecule has 0 aliphatic heterocycles. The third kappa shape index (κ3) is 3.80. The third-order valence-corrected chi connectivity index (χ3v) is 4.18. The van der Waals surface area contributed by atoms with Gasteiger partial charge in [-0.25, -0.2) is 4.79 Å². The first-order chi connectivity index (χ1) is 10.7. The second-order valence-electron chi connectivity index (χ2n) is 5.60. The average Bonchev–Trinajstić information content (AvgIpc) is 2.95.